The summed E-state index contributed by atoms with van der Waals surface area (Å²) in [5, 5.41) is 5.07. The van der Waals surface area contributed by atoms with Crippen molar-refractivity contribution in [1.29, 1.82) is 0 Å². The van der Waals surface area contributed by atoms with Gasteiger partial charge in [0.2, 0.25) is 0 Å². The number of rotatable bonds is 11. The summed E-state index contributed by atoms with van der Waals surface area (Å²) < 4.78 is 11.5. The Morgan fingerprint density at radius 3 is 2.37 bits per heavy atom. The van der Waals surface area contributed by atoms with Crippen molar-refractivity contribution in [3.05, 3.63) is 36.4 Å². The molecule has 27 heavy (non-hydrogen) atoms. The monoisotopic (exact) mass is 371 g/mol. The minimum atomic E-state index is -0.827. The zero-order chi connectivity index (χ0) is 19.7. The number of hydrogen-bond donors (Lipinski definition) is 1. The fraction of sp³-hybridized carbons (Fsp3) is 0.522. The third-order valence-electron chi connectivity index (χ3n) is 5.08. The van der Waals surface area contributed by atoms with Gasteiger partial charge in [0.1, 0.15) is 11.4 Å². The highest BCUT2D eigenvalue weighted by Gasteiger charge is 2.32. The second-order valence-electron chi connectivity index (χ2n) is 7.21. The molecule has 0 aromatic heterocycles. The van der Waals surface area contributed by atoms with Gasteiger partial charge in [0.05, 0.1) is 6.61 Å². The molecule has 4 heteroatoms. The fourth-order valence-corrected chi connectivity index (χ4v) is 3.11. The SMILES string of the molecule is CCCCC[C@@](C)(OC)C(=O)Nc1ccc(OCCCC)c2ccccc12. The molecule has 0 bridgehead atoms. The van der Waals surface area contributed by atoms with Crippen LogP contribution in [0.2, 0.25) is 0 Å². The molecule has 4 nitrogen and oxygen atoms in total. The standard InChI is InChI=1S/C23H33NO3/c1-5-7-11-16-23(3,26-4)22(25)24-20-14-15-21(27-17-8-6-2)19-13-10-9-12-18(19)20/h9-10,12-15H,5-8,11,16-17H2,1-4H3,(H,24,25)/t23-/m1/s1. The molecule has 1 atom stereocenters. The summed E-state index contributed by atoms with van der Waals surface area (Å²) in [4.78, 5) is 12.9. The van der Waals surface area contributed by atoms with Crippen LogP contribution in [0.1, 0.15) is 59.3 Å². The molecule has 2 aromatic rings. The predicted molar refractivity (Wildman–Crippen MR) is 113 cm³/mol. The van der Waals surface area contributed by atoms with Crippen LogP contribution in [0.15, 0.2) is 36.4 Å². The van der Waals surface area contributed by atoms with Crippen LogP contribution in [0.4, 0.5) is 5.69 Å². The first-order chi connectivity index (χ1) is 13.1. The molecule has 2 rings (SSSR count). The van der Waals surface area contributed by atoms with Crippen LogP contribution >= 0.6 is 0 Å². The van der Waals surface area contributed by atoms with Gasteiger partial charge in [-0.3, -0.25) is 4.79 Å². The molecule has 0 aliphatic heterocycles. The van der Waals surface area contributed by atoms with Gasteiger partial charge >= 0.3 is 0 Å². The molecular weight excluding hydrogens is 338 g/mol. The lowest BCUT2D eigenvalue weighted by Crippen LogP contribution is -2.42. The maximum atomic E-state index is 12.9. The Morgan fingerprint density at radius 1 is 1.00 bits per heavy atom. The summed E-state index contributed by atoms with van der Waals surface area (Å²) in [5.74, 6) is 0.750. The van der Waals surface area contributed by atoms with E-state index in [0.29, 0.717) is 13.0 Å². The average Bonchev–Trinajstić information content (AvgIpc) is 2.69. The van der Waals surface area contributed by atoms with E-state index >= 15 is 0 Å². The molecule has 0 aliphatic rings. The first-order valence-electron chi connectivity index (χ1n) is 10.1. The molecule has 0 unspecified atom stereocenters. The highest BCUT2D eigenvalue weighted by Crippen LogP contribution is 2.33. The Kier molecular flexibility index (Phi) is 8.11. The Morgan fingerprint density at radius 2 is 1.70 bits per heavy atom. The van der Waals surface area contributed by atoms with Crippen molar-refractivity contribution in [2.75, 3.05) is 19.0 Å². The molecule has 148 valence electrons. The fourth-order valence-electron chi connectivity index (χ4n) is 3.11. The summed E-state index contributed by atoms with van der Waals surface area (Å²) in [5.41, 5.74) is -0.0377. The van der Waals surface area contributed by atoms with E-state index in [1.165, 1.54) is 0 Å². The van der Waals surface area contributed by atoms with E-state index in [9.17, 15) is 4.79 Å². The van der Waals surface area contributed by atoms with Crippen molar-refractivity contribution in [3.63, 3.8) is 0 Å². The zero-order valence-electron chi connectivity index (χ0n) is 17.1. The van der Waals surface area contributed by atoms with Crippen LogP contribution < -0.4 is 10.1 Å². The minimum Gasteiger partial charge on any atom is -0.493 e. The molecule has 0 radical (unpaired) electrons. The lowest BCUT2D eigenvalue weighted by molar-refractivity contribution is -0.136. The van der Waals surface area contributed by atoms with E-state index in [2.05, 4.69) is 19.2 Å². The summed E-state index contributed by atoms with van der Waals surface area (Å²) in [6.45, 7) is 6.86. The molecule has 0 fully saturated rings. The van der Waals surface area contributed by atoms with Crippen LogP contribution in [0.5, 0.6) is 5.75 Å². The van der Waals surface area contributed by atoms with Crippen molar-refractivity contribution in [1.82, 2.24) is 0 Å². The molecule has 2 aromatic carbocycles. The van der Waals surface area contributed by atoms with Gasteiger partial charge in [0.15, 0.2) is 0 Å². The second kappa shape index (κ2) is 10.3. The topological polar surface area (TPSA) is 47.6 Å². The van der Waals surface area contributed by atoms with E-state index in [4.69, 9.17) is 9.47 Å². The van der Waals surface area contributed by atoms with Gasteiger partial charge in [-0.2, -0.15) is 0 Å². The quantitative estimate of drug-likeness (QED) is 0.497. The van der Waals surface area contributed by atoms with E-state index in [-0.39, 0.29) is 5.91 Å². The maximum Gasteiger partial charge on any atom is 0.256 e. The van der Waals surface area contributed by atoms with Crippen molar-refractivity contribution in [3.8, 4) is 5.75 Å². The number of benzene rings is 2. The lowest BCUT2D eigenvalue weighted by Gasteiger charge is -2.27. The third-order valence-corrected chi connectivity index (χ3v) is 5.08. The Labute approximate surface area is 163 Å². The van der Waals surface area contributed by atoms with Crippen LogP contribution in [0.3, 0.4) is 0 Å². The molecule has 0 saturated carbocycles. The van der Waals surface area contributed by atoms with Crippen LogP contribution in [-0.4, -0.2) is 25.2 Å². The first-order valence-corrected chi connectivity index (χ1v) is 10.1. The zero-order valence-corrected chi connectivity index (χ0v) is 17.1. The number of amides is 1. The van der Waals surface area contributed by atoms with Gasteiger partial charge in [-0.15, -0.1) is 0 Å². The van der Waals surface area contributed by atoms with E-state index in [1.54, 1.807) is 7.11 Å². The Bertz CT molecular complexity index is 743. The number of nitrogens with one attached hydrogen (secondary N) is 1. The normalized spacial score (nSPS) is 13.3. The number of anilines is 1. The lowest BCUT2D eigenvalue weighted by atomic mass is 9.96. The third kappa shape index (κ3) is 5.46. The molecule has 0 heterocycles. The summed E-state index contributed by atoms with van der Waals surface area (Å²) in [6, 6.07) is 11.9. The maximum absolute atomic E-state index is 12.9. The smallest absolute Gasteiger partial charge is 0.256 e. The average molecular weight is 372 g/mol. The van der Waals surface area contributed by atoms with Crippen molar-refractivity contribution in [2.45, 2.75) is 64.9 Å². The number of ether oxygens (including phenoxy) is 2. The number of hydrogen-bond acceptors (Lipinski definition) is 3. The first kappa shape index (κ1) is 21.2. The van der Waals surface area contributed by atoms with Gasteiger partial charge < -0.3 is 14.8 Å². The summed E-state index contributed by atoms with van der Waals surface area (Å²) >= 11 is 0. The number of carbonyl (C=O) groups is 1. The van der Waals surface area contributed by atoms with Gasteiger partial charge in [-0.25, -0.2) is 0 Å². The van der Waals surface area contributed by atoms with Gasteiger partial charge in [0.25, 0.3) is 5.91 Å². The molecule has 0 saturated heterocycles. The molecule has 0 aliphatic carbocycles. The van der Waals surface area contributed by atoms with Gasteiger partial charge in [-0.1, -0.05) is 63.8 Å². The van der Waals surface area contributed by atoms with Crippen molar-refractivity contribution in [2.24, 2.45) is 0 Å². The van der Waals surface area contributed by atoms with E-state index in [1.807, 2.05) is 43.3 Å². The number of unbranched alkanes of at least 4 members (excludes halogenated alkanes) is 3. The molecule has 1 amide bonds. The van der Waals surface area contributed by atoms with Crippen LogP contribution in [-0.2, 0) is 9.53 Å². The highest BCUT2D eigenvalue weighted by molar-refractivity contribution is 6.06. The summed E-state index contributed by atoms with van der Waals surface area (Å²) in [7, 11) is 1.61. The van der Waals surface area contributed by atoms with Crippen molar-refractivity contribution < 1.29 is 14.3 Å². The minimum absolute atomic E-state index is 0.106. The van der Waals surface area contributed by atoms with Crippen molar-refractivity contribution >= 4 is 22.4 Å². The predicted octanol–water partition coefficient (Wildman–Crippen LogP) is 5.94. The second-order valence-corrected chi connectivity index (χ2v) is 7.21. The van der Waals surface area contributed by atoms with Crippen LogP contribution in [0, 0.1) is 0 Å². The molecule has 0 spiro atoms. The number of methoxy groups -OCH3 is 1. The van der Waals surface area contributed by atoms with E-state index < -0.39 is 5.60 Å². The highest BCUT2D eigenvalue weighted by atomic mass is 16.5. The largest absolute Gasteiger partial charge is 0.493 e. The Balaban J connectivity index is 2.23. The van der Waals surface area contributed by atoms with Gasteiger partial charge in [-0.05, 0) is 31.9 Å². The summed E-state index contributed by atoms with van der Waals surface area (Å²) in [6.07, 6.45) is 6.01. The Hall–Kier alpha value is -2.07. The number of carbonyl (C=O) groups excluding carboxylic acids is 1. The van der Waals surface area contributed by atoms with E-state index in [0.717, 1.165) is 54.3 Å². The molecule has 1 N–H and O–H groups in total. The van der Waals surface area contributed by atoms with Crippen LogP contribution in [0.25, 0.3) is 10.8 Å². The molecular formula is C23H33NO3. The number of fused-ring (bicyclic) bond motifs is 1. The van der Waals surface area contributed by atoms with Gasteiger partial charge in [0, 0.05) is 23.6 Å².